The molecule has 1 aromatic heterocycles. The van der Waals surface area contributed by atoms with Crippen molar-refractivity contribution < 1.29 is 0 Å². The molecule has 0 aliphatic carbocycles. The normalized spacial score (nSPS) is 10.6. The van der Waals surface area contributed by atoms with Gasteiger partial charge in [-0.25, -0.2) is 0 Å². The summed E-state index contributed by atoms with van der Waals surface area (Å²) in [7, 11) is 0. The van der Waals surface area contributed by atoms with Gasteiger partial charge in [0.1, 0.15) is 0 Å². The first-order chi connectivity index (χ1) is 8.74. The third-order valence-corrected chi connectivity index (χ3v) is 3.51. The lowest BCUT2D eigenvalue weighted by Crippen LogP contribution is -2.08. The van der Waals surface area contributed by atoms with Crippen LogP contribution in [0.1, 0.15) is 25.1 Å². The molecule has 0 unspecified atom stereocenters. The lowest BCUT2D eigenvalue weighted by Gasteiger charge is -2.12. The number of hydrogen-bond acceptors (Lipinski definition) is 2. The van der Waals surface area contributed by atoms with E-state index in [9.17, 15) is 0 Å². The van der Waals surface area contributed by atoms with E-state index < -0.39 is 0 Å². The number of anilines is 1. The van der Waals surface area contributed by atoms with E-state index in [1.807, 2.05) is 10.9 Å². The van der Waals surface area contributed by atoms with Gasteiger partial charge < -0.3 is 5.32 Å². The van der Waals surface area contributed by atoms with E-state index in [4.69, 9.17) is 0 Å². The molecule has 2 aromatic rings. The van der Waals surface area contributed by atoms with Gasteiger partial charge in [-0.15, -0.1) is 0 Å². The van der Waals surface area contributed by atoms with E-state index in [0.717, 1.165) is 24.0 Å². The summed E-state index contributed by atoms with van der Waals surface area (Å²) in [6.07, 6.45) is 2.87. The smallest absolute Gasteiger partial charge is 0.0575 e. The molecular weight excluding hydrogens is 290 g/mol. The molecule has 0 amide bonds. The summed E-state index contributed by atoms with van der Waals surface area (Å²) in [5.74, 6) is 0. The highest BCUT2D eigenvalue weighted by Gasteiger charge is 2.04. The zero-order valence-electron chi connectivity index (χ0n) is 10.8. The van der Waals surface area contributed by atoms with Crippen molar-refractivity contribution in [1.29, 1.82) is 0 Å². The molecule has 0 saturated heterocycles. The van der Waals surface area contributed by atoms with Gasteiger partial charge in [0.05, 0.1) is 12.2 Å². The SMILES string of the molecule is CCc1cc(Br)ccc1NCc1ccnn1CC. The molecule has 0 atom stereocenters. The molecule has 1 aromatic carbocycles. The molecule has 0 fully saturated rings. The van der Waals surface area contributed by atoms with Crippen LogP contribution >= 0.6 is 15.9 Å². The average molecular weight is 308 g/mol. The maximum absolute atomic E-state index is 4.27. The second-order valence-corrected chi connectivity index (χ2v) is 5.06. The van der Waals surface area contributed by atoms with Crippen LogP contribution in [0.25, 0.3) is 0 Å². The van der Waals surface area contributed by atoms with E-state index >= 15 is 0 Å². The number of aryl methyl sites for hydroxylation is 2. The van der Waals surface area contributed by atoms with Gasteiger partial charge in [-0.1, -0.05) is 22.9 Å². The summed E-state index contributed by atoms with van der Waals surface area (Å²) in [5.41, 5.74) is 3.74. The number of hydrogen-bond donors (Lipinski definition) is 1. The Kier molecular flexibility index (Phi) is 4.42. The molecule has 96 valence electrons. The van der Waals surface area contributed by atoms with Crippen molar-refractivity contribution in [2.75, 3.05) is 5.32 Å². The standard InChI is InChI=1S/C14H18BrN3/c1-3-11-9-12(15)5-6-14(11)16-10-13-7-8-17-18(13)4-2/h5-9,16H,3-4,10H2,1-2H3. The van der Waals surface area contributed by atoms with Crippen LogP contribution in [0.2, 0.25) is 0 Å². The molecule has 0 saturated carbocycles. The topological polar surface area (TPSA) is 29.9 Å². The summed E-state index contributed by atoms with van der Waals surface area (Å²) in [6, 6.07) is 8.41. The Morgan fingerprint density at radius 3 is 2.83 bits per heavy atom. The van der Waals surface area contributed by atoms with Crippen molar-refractivity contribution in [3.8, 4) is 0 Å². The van der Waals surface area contributed by atoms with Crippen molar-refractivity contribution in [3.63, 3.8) is 0 Å². The molecule has 3 nitrogen and oxygen atoms in total. The fraction of sp³-hybridized carbons (Fsp3) is 0.357. The van der Waals surface area contributed by atoms with Crippen LogP contribution in [-0.2, 0) is 19.5 Å². The number of rotatable bonds is 5. The van der Waals surface area contributed by atoms with Crippen molar-refractivity contribution in [3.05, 3.63) is 46.2 Å². The van der Waals surface area contributed by atoms with Gasteiger partial charge in [0.2, 0.25) is 0 Å². The first kappa shape index (κ1) is 13.1. The van der Waals surface area contributed by atoms with Crippen LogP contribution < -0.4 is 5.32 Å². The molecule has 1 N–H and O–H groups in total. The lowest BCUT2D eigenvalue weighted by molar-refractivity contribution is 0.627. The Labute approximate surface area is 116 Å². The van der Waals surface area contributed by atoms with Crippen LogP contribution in [0.5, 0.6) is 0 Å². The van der Waals surface area contributed by atoms with E-state index in [1.54, 1.807) is 0 Å². The van der Waals surface area contributed by atoms with Crippen molar-refractivity contribution in [2.24, 2.45) is 0 Å². The van der Waals surface area contributed by atoms with Gasteiger partial charge in [-0.05, 0) is 43.2 Å². The first-order valence-electron chi connectivity index (χ1n) is 6.27. The fourth-order valence-electron chi connectivity index (χ4n) is 2.01. The summed E-state index contributed by atoms with van der Waals surface area (Å²) >= 11 is 3.51. The maximum Gasteiger partial charge on any atom is 0.0575 e. The van der Waals surface area contributed by atoms with Gasteiger partial charge in [0.25, 0.3) is 0 Å². The summed E-state index contributed by atoms with van der Waals surface area (Å²) in [6.45, 7) is 5.99. The van der Waals surface area contributed by atoms with E-state index in [0.29, 0.717) is 0 Å². The van der Waals surface area contributed by atoms with Crippen LogP contribution in [0.15, 0.2) is 34.9 Å². The zero-order chi connectivity index (χ0) is 13.0. The first-order valence-corrected chi connectivity index (χ1v) is 7.06. The predicted molar refractivity (Wildman–Crippen MR) is 78.7 cm³/mol. The number of nitrogens with zero attached hydrogens (tertiary/aromatic N) is 2. The monoisotopic (exact) mass is 307 g/mol. The predicted octanol–water partition coefficient (Wildman–Crippen LogP) is 3.84. The number of benzene rings is 1. The van der Waals surface area contributed by atoms with Crippen LogP contribution in [0.4, 0.5) is 5.69 Å². The van der Waals surface area contributed by atoms with Crippen LogP contribution in [-0.4, -0.2) is 9.78 Å². The molecule has 0 spiro atoms. The van der Waals surface area contributed by atoms with Gasteiger partial charge in [0, 0.05) is 22.9 Å². The highest BCUT2D eigenvalue weighted by atomic mass is 79.9. The fourth-order valence-corrected chi connectivity index (χ4v) is 2.42. The number of aromatic nitrogens is 2. The molecule has 18 heavy (non-hydrogen) atoms. The number of nitrogens with one attached hydrogen (secondary N) is 1. The molecule has 1 heterocycles. The van der Waals surface area contributed by atoms with Gasteiger partial charge in [-0.3, -0.25) is 4.68 Å². The maximum atomic E-state index is 4.27. The van der Waals surface area contributed by atoms with Crippen molar-refractivity contribution >= 4 is 21.6 Å². The Balaban J connectivity index is 2.10. The average Bonchev–Trinajstić information content (AvgIpc) is 2.84. The van der Waals surface area contributed by atoms with Gasteiger partial charge in [-0.2, -0.15) is 5.10 Å². The Bertz CT molecular complexity index is 520. The zero-order valence-corrected chi connectivity index (χ0v) is 12.4. The molecule has 4 heteroatoms. The van der Waals surface area contributed by atoms with Gasteiger partial charge in [0.15, 0.2) is 0 Å². The molecule has 0 bridgehead atoms. The summed E-state index contributed by atoms with van der Waals surface area (Å²) < 4.78 is 3.14. The lowest BCUT2D eigenvalue weighted by atomic mass is 10.1. The number of halogens is 1. The Morgan fingerprint density at radius 2 is 2.11 bits per heavy atom. The molecular formula is C14H18BrN3. The summed E-state index contributed by atoms with van der Waals surface area (Å²) in [5, 5.41) is 7.76. The second-order valence-electron chi connectivity index (χ2n) is 4.15. The van der Waals surface area contributed by atoms with Crippen LogP contribution in [0, 0.1) is 0 Å². The Morgan fingerprint density at radius 1 is 1.28 bits per heavy atom. The van der Waals surface area contributed by atoms with Gasteiger partial charge >= 0.3 is 0 Å². The Hall–Kier alpha value is -1.29. The third-order valence-electron chi connectivity index (χ3n) is 3.01. The van der Waals surface area contributed by atoms with Crippen LogP contribution in [0.3, 0.4) is 0 Å². The second kappa shape index (κ2) is 6.05. The highest BCUT2D eigenvalue weighted by Crippen LogP contribution is 2.22. The largest absolute Gasteiger partial charge is 0.379 e. The van der Waals surface area contributed by atoms with E-state index in [-0.39, 0.29) is 0 Å². The highest BCUT2D eigenvalue weighted by molar-refractivity contribution is 9.10. The minimum atomic E-state index is 0.808. The quantitative estimate of drug-likeness (QED) is 0.909. The summed E-state index contributed by atoms with van der Waals surface area (Å²) in [4.78, 5) is 0. The van der Waals surface area contributed by atoms with Crippen molar-refractivity contribution in [2.45, 2.75) is 33.4 Å². The molecule has 2 rings (SSSR count). The van der Waals surface area contributed by atoms with Crippen molar-refractivity contribution in [1.82, 2.24) is 9.78 Å². The minimum absolute atomic E-state index is 0.808. The molecule has 0 aliphatic rings. The molecule has 0 aliphatic heterocycles. The minimum Gasteiger partial charge on any atom is -0.379 e. The molecule has 0 radical (unpaired) electrons. The van der Waals surface area contributed by atoms with E-state index in [1.165, 1.54) is 16.9 Å². The third kappa shape index (κ3) is 2.93. The van der Waals surface area contributed by atoms with E-state index in [2.05, 4.69) is 64.5 Å².